The molecule has 14 aromatic rings. The number of aromatic carboxylic acids is 8. The van der Waals surface area contributed by atoms with Crippen LogP contribution in [0.1, 0.15) is 82.9 Å². The molecule has 14 rings (SSSR count). The molecule has 24 nitrogen and oxygen atoms in total. The summed E-state index contributed by atoms with van der Waals surface area (Å²) in [6, 6.07) is 50.2. The van der Waals surface area contributed by atoms with E-state index in [1.807, 2.05) is 48.5 Å². The molecular weight excluding hydrogens is 1310 g/mol. The predicted molar refractivity (Wildman–Crippen MR) is 326 cm³/mol. The number of rotatable bonds is 8. The maximum absolute atomic E-state index is 10.8. The number of pyridine rings is 8. The third kappa shape index (κ3) is 15.9. The van der Waals surface area contributed by atoms with E-state index in [9.17, 15) is 58.8 Å². The number of carbonyl (C=O) groups is 8. The summed E-state index contributed by atoms with van der Waals surface area (Å²) in [6.07, 6.45) is 14.4. The van der Waals surface area contributed by atoms with E-state index in [0.717, 1.165) is 87.2 Å². The Morgan fingerprint density at radius 2 is 0.351 bits per heavy atom. The molecule has 0 fully saturated rings. The van der Waals surface area contributed by atoms with E-state index in [4.69, 9.17) is 20.4 Å². The van der Waals surface area contributed by atoms with Gasteiger partial charge < -0.3 is 60.0 Å². The fraction of sp³-hybridized carbons (Fsp3) is 0. The van der Waals surface area contributed by atoms with E-state index in [2.05, 4.69) is 137 Å². The van der Waals surface area contributed by atoms with E-state index >= 15 is 0 Å². The van der Waals surface area contributed by atoms with Crippen LogP contribution in [-0.4, -0.2) is 108 Å². The second-order valence-electron chi connectivity index (χ2n) is 19.1. The first-order valence-electron chi connectivity index (χ1n) is 26.8. The Hall–Kier alpha value is -12.6. The van der Waals surface area contributed by atoms with Crippen molar-refractivity contribution in [3.8, 4) is 0 Å². The molecule has 0 aliphatic heterocycles. The van der Waals surface area contributed by atoms with Crippen molar-refractivity contribution in [1.82, 2.24) is 39.9 Å². The molecule has 6 aromatic carbocycles. The summed E-state index contributed by atoms with van der Waals surface area (Å²) in [5, 5.41) is 86.5. The van der Waals surface area contributed by atoms with Crippen LogP contribution < -0.4 is 20.4 Å². The van der Waals surface area contributed by atoms with Crippen LogP contribution in [0.2, 0.25) is 0 Å². The van der Waals surface area contributed by atoms with Crippen LogP contribution in [0.4, 0.5) is 0 Å². The molecule has 94 heavy (non-hydrogen) atoms. The average molecular weight is 1350 g/mol. The summed E-state index contributed by atoms with van der Waals surface area (Å²) in [5.74, 6) is -14.6. The van der Waals surface area contributed by atoms with Gasteiger partial charge in [-0.25, -0.2) is 19.2 Å². The quantitative estimate of drug-likeness (QED) is 0.0902. The second kappa shape index (κ2) is 31.2. The van der Waals surface area contributed by atoms with Gasteiger partial charge in [-0.3, -0.25) is 39.9 Å². The van der Waals surface area contributed by atoms with Gasteiger partial charge in [0, 0.05) is 115 Å². The molecule has 0 amide bonds. The van der Waals surface area contributed by atoms with Crippen molar-refractivity contribution in [1.29, 1.82) is 0 Å². The molecule has 0 saturated heterocycles. The molecule has 8 heterocycles. The van der Waals surface area contributed by atoms with Crippen molar-refractivity contribution in [3.05, 3.63) is 264 Å². The number of aromatic nitrogens is 8. The first kappa shape index (κ1) is 68.9. The van der Waals surface area contributed by atoms with Crippen LogP contribution in [0.15, 0.2) is 219 Å². The summed E-state index contributed by atoms with van der Waals surface area (Å²) in [7, 11) is 0. The molecule has 0 atom stereocenters. The Morgan fingerprint density at radius 1 is 0.223 bits per heavy atom. The number of carbonyl (C=O) groups excluding carboxylic acids is 4. The number of hydrogen-bond donors (Lipinski definition) is 4. The molecule has 0 bridgehead atoms. The van der Waals surface area contributed by atoms with Gasteiger partial charge in [-0.15, -0.1) is 0 Å². The Kier molecular flexibility index (Phi) is 22.9. The van der Waals surface area contributed by atoms with Gasteiger partial charge in [0.2, 0.25) is 0 Å². The van der Waals surface area contributed by atoms with E-state index in [1.165, 1.54) is 0 Å². The zero-order valence-corrected chi connectivity index (χ0v) is 49.5. The maximum atomic E-state index is 10.8. The normalized spacial score (nSPS) is 10.2. The molecule has 4 N–H and O–H groups in total. The molecule has 470 valence electrons. The second-order valence-corrected chi connectivity index (χ2v) is 19.1. The minimum Gasteiger partial charge on any atom is -0.545 e. The number of benzene rings is 6. The third-order valence-electron chi connectivity index (χ3n) is 13.5. The number of nitrogens with zero attached hydrogens (tertiary/aromatic N) is 8. The molecule has 26 heteroatoms. The van der Waals surface area contributed by atoms with Gasteiger partial charge in [0.1, 0.15) is 0 Å². The third-order valence-corrected chi connectivity index (χ3v) is 13.5. The van der Waals surface area contributed by atoms with Crippen LogP contribution in [0.3, 0.4) is 0 Å². The molecule has 0 spiro atoms. The summed E-state index contributed by atoms with van der Waals surface area (Å²) in [5.41, 5.74) is 0.557. The number of carboxylic acids is 8. The van der Waals surface area contributed by atoms with Crippen molar-refractivity contribution in [3.63, 3.8) is 0 Å². The Bertz CT molecular complexity index is 4310. The topological polar surface area (TPSA) is 413 Å². The zero-order valence-electron chi connectivity index (χ0n) is 47.7. The smallest absolute Gasteiger partial charge is 0.545 e. The monoisotopic (exact) mass is 1350 g/mol. The first-order valence-corrected chi connectivity index (χ1v) is 26.8. The average Bonchev–Trinajstić information content (AvgIpc) is 0.879. The molecule has 0 unspecified atom stereocenters. The van der Waals surface area contributed by atoms with Gasteiger partial charge in [-0.2, -0.15) is 0 Å². The summed E-state index contributed by atoms with van der Waals surface area (Å²) in [6.45, 7) is 0. The largest absolute Gasteiger partial charge is 2.00 e. The van der Waals surface area contributed by atoms with Crippen molar-refractivity contribution >= 4 is 135 Å². The van der Waals surface area contributed by atoms with Crippen molar-refractivity contribution in [2.45, 2.75) is 0 Å². The SMILES string of the molecule is O=C(O)c1cc(C(=O)O)c(C(=O)O)cc1C(=O)O.O=C([O-])c1cc(C(=O)[O-])c(C(=O)[O-])cc1C(=O)[O-].[Cu+2].[Cu+2].c1cnc2c(c1)ccc1cccnc12.c1cnc2c(c1)ccc1cccnc12.c1cnc2c(c1)ccc1cccnc12.c1cnc2c(c1)ccc1cccnc12. The van der Waals surface area contributed by atoms with Gasteiger partial charge in [-0.1, -0.05) is 97.1 Å². The molecule has 2 radical (unpaired) electrons. The number of carboxylic acid groups (broad SMARTS) is 8. The Balaban J connectivity index is 0.000000159. The van der Waals surface area contributed by atoms with Crippen LogP contribution in [0, 0.1) is 0 Å². The first-order chi connectivity index (χ1) is 44.3. The Morgan fingerprint density at radius 3 is 0.468 bits per heavy atom. The Labute approximate surface area is 549 Å². The number of fused-ring (bicyclic) bond motifs is 12. The van der Waals surface area contributed by atoms with Crippen molar-refractivity contribution < 1.29 is 113 Å². The van der Waals surface area contributed by atoms with E-state index in [1.54, 1.807) is 49.6 Å². The van der Waals surface area contributed by atoms with Gasteiger partial charge >= 0.3 is 58.0 Å². The number of hydrogen-bond acceptors (Lipinski definition) is 20. The summed E-state index contributed by atoms with van der Waals surface area (Å²) in [4.78, 5) is 120. The van der Waals surface area contributed by atoms with Crippen LogP contribution >= 0.6 is 0 Å². The summed E-state index contributed by atoms with van der Waals surface area (Å²) >= 11 is 0. The van der Waals surface area contributed by atoms with Gasteiger partial charge in [0.25, 0.3) is 0 Å². The van der Waals surface area contributed by atoms with Gasteiger partial charge in [0.05, 0.1) is 90.3 Å². The van der Waals surface area contributed by atoms with E-state index < -0.39 is 92.3 Å². The molecule has 0 saturated carbocycles. The van der Waals surface area contributed by atoms with Crippen molar-refractivity contribution in [2.24, 2.45) is 0 Å². The minimum atomic E-state index is -2.00. The maximum Gasteiger partial charge on any atom is 2.00 e. The standard InChI is InChI=1S/4C12H8N2.2C10H6O8.2Cu/c4*1-3-9-5-6-10-4-2-8-14-12(10)11(9)13-7-1;2*11-7(12)3-1-4(8(13)14)6(10(17)18)2-5(3)9(15)16;;/h4*1-8H;2*1-2H,(H,11,12)(H,13,14)(H,15,16)(H,17,18);;/q;;;;;;2*+2/p-4. The van der Waals surface area contributed by atoms with Gasteiger partial charge in [-0.05, 0) is 72.8 Å². The van der Waals surface area contributed by atoms with Crippen LogP contribution in [-0.2, 0) is 34.1 Å². The fourth-order valence-corrected chi connectivity index (χ4v) is 9.30. The van der Waals surface area contributed by atoms with E-state index in [0.29, 0.717) is 24.3 Å². The molecule has 8 aromatic heterocycles. The van der Waals surface area contributed by atoms with Crippen molar-refractivity contribution in [2.75, 3.05) is 0 Å². The van der Waals surface area contributed by atoms with E-state index in [-0.39, 0.29) is 34.1 Å². The molecule has 0 aliphatic carbocycles. The molecular formula is C68H40Cu2N8O16. The van der Waals surface area contributed by atoms with Crippen LogP contribution in [0.25, 0.3) is 87.2 Å². The van der Waals surface area contributed by atoms with Gasteiger partial charge in [0.15, 0.2) is 0 Å². The molecule has 0 aliphatic rings. The predicted octanol–water partition coefficient (Wildman–Crippen LogP) is 6.75. The fourth-order valence-electron chi connectivity index (χ4n) is 9.30. The zero-order chi connectivity index (χ0) is 65.6. The minimum absolute atomic E-state index is 0. The van der Waals surface area contributed by atoms with Crippen LogP contribution in [0.5, 0.6) is 0 Å². The summed E-state index contributed by atoms with van der Waals surface area (Å²) < 4.78 is 0.